The Balaban J connectivity index is 2.78. The van der Waals surface area contributed by atoms with Gasteiger partial charge in [-0.1, -0.05) is 23.7 Å². The molecule has 0 aromatic heterocycles. The van der Waals surface area contributed by atoms with Crippen molar-refractivity contribution in [3.63, 3.8) is 0 Å². The summed E-state index contributed by atoms with van der Waals surface area (Å²) in [5.74, 6) is -1.18. The van der Waals surface area contributed by atoms with Crippen LogP contribution in [0.5, 0.6) is 0 Å². The fourth-order valence-electron chi connectivity index (χ4n) is 1.63. The summed E-state index contributed by atoms with van der Waals surface area (Å²) in [6.07, 6.45) is 3.40. The molecule has 108 valence electrons. The number of carbonyl (C=O) groups excluding carboxylic acids is 1. The number of anilines is 1. The number of hydrogen-bond acceptors (Lipinski definition) is 2. The summed E-state index contributed by atoms with van der Waals surface area (Å²) in [5, 5.41) is 11.8. The van der Waals surface area contributed by atoms with E-state index >= 15 is 0 Å². The molecular formula is C14H17ClN2O3. The molecule has 0 radical (unpaired) electrons. The molecule has 1 aromatic carbocycles. The zero-order valence-corrected chi connectivity index (χ0v) is 12.0. The first-order valence-corrected chi connectivity index (χ1v) is 6.50. The van der Waals surface area contributed by atoms with Crippen LogP contribution in [0, 0.1) is 0 Å². The maximum atomic E-state index is 11.9. The van der Waals surface area contributed by atoms with E-state index in [4.69, 9.17) is 16.7 Å². The molecular weight excluding hydrogens is 280 g/mol. The van der Waals surface area contributed by atoms with Gasteiger partial charge in [-0.2, -0.15) is 0 Å². The fraction of sp³-hybridized carbons (Fsp3) is 0.286. The zero-order chi connectivity index (χ0) is 15.1. The minimum Gasteiger partial charge on any atom is -0.478 e. The summed E-state index contributed by atoms with van der Waals surface area (Å²) >= 11 is 5.83. The first-order valence-electron chi connectivity index (χ1n) is 6.12. The minimum atomic E-state index is -1.18. The third-order valence-electron chi connectivity index (χ3n) is 2.72. The average molecular weight is 297 g/mol. The highest BCUT2D eigenvalue weighted by molar-refractivity contribution is 6.34. The number of unbranched alkanes of at least 4 members (excludes halogenated alkanes) is 1. The van der Waals surface area contributed by atoms with Crippen LogP contribution >= 0.6 is 11.6 Å². The molecule has 0 unspecified atom stereocenters. The van der Waals surface area contributed by atoms with Crippen molar-refractivity contribution < 1.29 is 14.7 Å². The Hall–Kier alpha value is -2.01. The van der Waals surface area contributed by atoms with Gasteiger partial charge in [0.2, 0.25) is 0 Å². The van der Waals surface area contributed by atoms with Gasteiger partial charge in [0.25, 0.3) is 0 Å². The third kappa shape index (κ3) is 4.28. The van der Waals surface area contributed by atoms with E-state index in [1.807, 2.05) is 0 Å². The molecule has 0 atom stereocenters. The predicted octanol–water partition coefficient (Wildman–Crippen LogP) is 3.47. The number of urea groups is 1. The standard InChI is InChI=1S/C14H17ClN2O3/c1-3-4-5-9-17(2)14(20)16-11-8-6-7-10(15)12(11)13(18)19/h3,6-8H,1,4-5,9H2,2H3,(H,16,20)(H,18,19). The number of aromatic carboxylic acids is 1. The number of nitrogens with zero attached hydrogens (tertiary/aromatic N) is 1. The molecule has 0 heterocycles. The minimum absolute atomic E-state index is 0.0876. The highest BCUT2D eigenvalue weighted by atomic mass is 35.5. The smallest absolute Gasteiger partial charge is 0.339 e. The number of benzene rings is 1. The van der Waals surface area contributed by atoms with Gasteiger partial charge in [0.05, 0.1) is 10.7 Å². The van der Waals surface area contributed by atoms with Crippen LogP contribution in [0.1, 0.15) is 23.2 Å². The van der Waals surface area contributed by atoms with E-state index in [1.54, 1.807) is 19.2 Å². The van der Waals surface area contributed by atoms with Crippen molar-refractivity contribution in [3.05, 3.63) is 41.4 Å². The maximum absolute atomic E-state index is 11.9. The van der Waals surface area contributed by atoms with Gasteiger partial charge >= 0.3 is 12.0 Å². The van der Waals surface area contributed by atoms with E-state index in [0.717, 1.165) is 12.8 Å². The summed E-state index contributed by atoms with van der Waals surface area (Å²) in [6, 6.07) is 4.18. The second-order valence-electron chi connectivity index (χ2n) is 4.25. The summed E-state index contributed by atoms with van der Waals surface area (Å²) in [7, 11) is 1.64. The molecule has 0 aliphatic heterocycles. The zero-order valence-electron chi connectivity index (χ0n) is 11.2. The van der Waals surface area contributed by atoms with Crippen molar-refractivity contribution in [1.82, 2.24) is 4.90 Å². The highest BCUT2D eigenvalue weighted by Crippen LogP contribution is 2.24. The molecule has 0 aliphatic rings. The molecule has 5 nitrogen and oxygen atoms in total. The molecule has 2 amide bonds. The molecule has 0 aliphatic carbocycles. The van der Waals surface area contributed by atoms with E-state index in [1.165, 1.54) is 17.0 Å². The molecule has 0 spiro atoms. The summed E-state index contributed by atoms with van der Waals surface area (Å²) in [6.45, 7) is 4.17. The van der Waals surface area contributed by atoms with Crippen LogP contribution in [0.3, 0.4) is 0 Å². The van der Waals surface area contributed by atoms with Gasteiger partial charge in [-0.15, -0.1) is 6.58 Å². The van der Waals surface area contributed by atoms with E-state index in [2.05, 4.69) is 11.9 Å². The van der Waals surface area contributed by atoms with Crippen LogP contribution in [0.2, 0.25) is 5.02 Å². The number of halogens is 1. The molecule has 1 aromatic rings. The Morgan fingerprint density at radius 1 is 1.50 bits per heavy atom. The van der Waals surface area contributed by atoms with Crippen LogP contribution in [-0.2, 0) is 0 Å². The molecule has 2 N–H and O–H groups in total. The maximum Gasteiger partial charge on any atom is 0.339 e. The third-order valence-corrected chi connectivity index (χ3v) is 3.03. The quantitative estimate of drug-likeness (QED) is 0.624. The van der Waals surface area contributed by atoms with Crippen molar-refractivity contribution in [3.8, 4) is 0 Å². The second kappa shape index (κ2) is 7.55. The SMILES string of the molecule is C=CCCCN(C)C(=O)Nc1cccc(Cl)c1C(=O)O. The molecule has 0 saturated heterocycles. The van der Waals surface area contributed by atoms with Gasteiger partial charge in [-0.3, -0.25) is 0 Å². The van der Waals surface area contributed by atoms with Crippen molar-refractivity contribution in [2.45, 2.75) is 12.8 Å². The summed E-state index contributed by atoms with van der Waals surface area (Å²) in [5.41, 5.74) is 0.0765. The first kappa shape index (κ1) is 16.0. The van der Waals surface area contributed by atoms with Gasteiger partial charge < -0.3 is 15.3 Å². The van der Waals surface area contributed by atoms with Crippen molar-refractivity contribution in [2.24, 2.45) is 0 Å². The highest BCUT2D eigenvalue weighted by Gasteiger charge is 2.17. The van der Waals surface area contributed by atoms with E-state index in [-0.39, 0.29) is 22.3 Å². The first-order chi connectivity index (χ1) is 9.47. The number of nitrogens with one attached hydrogen (secondary N) is 1. The number of amides is 2. The van der Waals surface area contributed by atoms with Crippen LogP contribution in [0.25, 0.3) is 0 Å². The van der Waals surface area contributed by atoms with Crippen LogP contribution in [0.15, 0.2) is 30.9 Å². The molecule has 0 fully saturated rings. The lowest BCUT2D eigenvalue weighted by molar-refractivity contribution is 0.0698. The Bertz CT molecular complexity index is 517. The number of carboxylic acid groups (broad SMARTS) is 1. The lowest BCUT2D eigenvalue weighted by Crippen LogP contribution is -2.32. The van der Waals surface area contributed by atoms with Crippen molar-refractivity contribution in [2.75, 3.05) is 18.9 Å². The molecule has 6 heteroatoms. The van der Waals surface area contributed by atoms with Gasteiger partial charge in [0, 0.05) is 13.6 Å². The van der Waals surface area contributed by atoms with Crippen LogP contribution in [-0.4, -0.2) is 35.6 Å². The molecule has 0 saturated carbocycles. The van der Waals surface area contributed by atoms with Crippen LogP contribution < -0.4 is 5.32 Å². The number of allylic oxidation sites excluding steroid dienone is 1. The van der Waals surface area contributed by atoms with Gasteiger partial charge in [-0.05, 0) is 25.0 Å². The lowest BCUT2D eigenvalue weighted by atomic mass is 10.2. The average Bonchev–Trinajstić information content (AvgIpc) is 2.38. The number of hydrogen-bond donors (Lipinski definition) is 2. The van der Waals surface area contributed by atoms with E-state index in [9.17, 15) is 9.59 Å². The second-order valence-corrected chi connectivity index (χ2v) is 4.66. The topological polar surface area (TPSA) is 69.6 Å². The Kier molecular flexibility index (Phi) is 6.06. The Morgan fingerprint density at radius 2 is 2.20 bits per heavy atom. The van der Waals surface area contributed by atoms with Gasteiger partial charge in [0.15, 0.2) is 0 Å². The van der Waals surface area contributed by atoms with E-state index in [0.29, 0.717) is 6.54 Å². The molecule has 20 heavy (non-hydrogen) atoms. The number of rotatable bonds is 6. The van der Waals surface area contributed by atoms with Crippen molar-refractivity contribution >= 4 is 29.3 Å². The lowest BCUT2D eigenvalue weighted by Gasteiger charge is -2.18. The van der Waals surface area contributed by atoms with Crippen molar-refractivity contribution in [1.29, 1.82) is 0 Å². The van der Waals surface area contributed by atoms with E-state index < -0.39 is 5.97 Å². The summed E-state index contributed by atoms with van der Waals surface area (Å²) in [4.78, 5) is 24.6. The normalized spacial score (nSPS) is 9.90. The number of carboxylic acids is 1. The summed E-state index contributed by atoms with van der Waals surface area (Å²) < 4.78 is 0. The van der Waals surface area contributed by atoms with Gasteiger partial charge in [0.1, 0.15) is 5.56 Å². The Labute approximate surface area is 122 Å². The fourth-order valence-corrected chi connectivity index (χ4v) is 1.89. The Morgan fingerprint density at radius 3 is 2.80 bits per heavy atom. The largest absolute Gasteiger partial charge is 0.478 e. The van der Waals surface area contributed by atoms with Crippen LogP contribution in [0.4, 0.5) is 10.5 Å². The number of carbonyl (C=O) groups is 2. The molecule has 1 rings (SSSR count). The molecule has 0 bridgehead atoms. The van der Waals surface area contributed by atoms with Gasteiger partial charge in [-0.25, -0.2) is 9.59 Å². The monoisotopic (exact) mass is 296 g/mol. The predicted molar refractivity (Wildman–Crippen MR) is 79.5 cm³/mol.